The highest BCUT2D eigenvalue weighted by Gasteiger charge is 2.26. The number of benzene rings is 1. The van der Waals surface area contributed by atoms with Crippen molar-refractivity contribution in [1.29, 1.82) is 0 Å². The second kappa shape index (κ2) is 8.57. The van der Waals surface area contributed by atoms with Crippen molar-refractivity contribution in [2.75, 3.05) is 27.3 Å². The van der Waals surface area contributed by atoms with Gasteiger partial charge in [0.25, 0.3) is 5.91 Å². The lowest BCUT2D eigenvalue weighted by Gasteiger charge is -2.26. The molecule has 1 aliphatic rings. The zero-order chi connectivity index (χ0) is 23.1. The molecular formula is C24H23FN4O3S. The van der Waals surface area contributed by atoms with Gasteiger partial charge in [-0.3, -0.25) is 4.79 Å². The number of halogens is 1. The number of H-pyrrole nitrogens is 1. The Labute approximate surface area is 193 Å². The second-order valence-electron chi connectivity index (χ2n) is 7.94. The SMILES string of the molecule is COCc1nc(OC)c2c(C)c(C(=O)N3CC=C(c4c[nH]c5cc(F)ccc45)CC3)sc2n1. The average molecular weight is 467 g/mol. The van der Waals surface area contributed by atoms with Crippen molar-refractivity contribution in [2.24, 2.45) is 0 Å². The Hall–Kier alpha value is -3.30. The number of fused-ring (bicyclic) bond motifs is 2. The number of nitrogens with zero attached hydrogens (tertiary/aromatic N) is 3. The minimum atomic E-state index is -0.264. The zero-order valence-electron chi connectivity index (χ0n) is 18.6. The summed E-state index contributed by atoms with van der Waals surface area (Å²) in [6.45, 7) is 3.29. The minimum absolute atomic E-state index is 0.0258. The van der Waals surface area contributed by atoms with E-state index in [1.807, 2.05) is 18.0 Å². The standard InChI is InChI=1S/C24H23FN4O3S/c1-13-20-22(32-3)27-19(12-31-2)28-23(20)33-21(13)24(30)29-8-6-14(7-9-29)17-11-26-18-10-15(25)4-5-16(17)18/h4-6,10-11,26H,7-9,12H2,1-3H3. The van der Waals surface area contributed by atoms with E-state index in [4.69, 9.17) is 9.47 Å². The van der Waals surface area contributed by atoms with E-state index >= 15 is 0 Å². The molecule has 5 rings (SSSR count). The van der Waals surface area contributed by atoms with Crippen LogP contribution in [0.25, 0.3) is 26.7 Å². The molecule has 9 heteroatoms. The number of nitrogens with one attached hydrogen (secondary N) is 1. The van der Waals surface area contributed by atoms with Crippen molar-refractivity contribution in [2.45, 2.75) is 20.0 Å². The molecule has 1 aromatic carbocycles. The molecule has 170 valence electrons. The fraction of sp³-hybridized carbons (Fsp3) is 0.292. The Bertz CT molecular complexity index is 1410. The van der Waals surface area contributed by atoms with Crippen LogP contribution in [0.2, 0.25) is 0 Å². The van der Waals surface area contributed by atoms with E-state index < -0.39 is 0 Å². The summed E-state index contributed by atoms with van der Waals surface area (Å²) < 4.78 is 24.1. The molecule has 0 bridgehead atoms. The van der Waals surface area contributed by atoms with Gasteiger partial charge in [-0.05, 0) is 42.7 Å². The number of aromatic nitrogens is 3. The Balaban J connectivity index is 1.42. The van der Waals surface area contributed by atoms with E-state index in [9.17, 15) is 9.18 Å². The molecule has 1 amide bonds. The Morgan fingerprint density at radius 2 is 2.15 bits per heavy atom. The number of ether oxygens (including phenoxy) is 2. The first-order valence-corrected chi connectivity index (χ1v) is 11.4. The molecule has 0 radical (unpaired) electrons. The van der Waals surface area contributed by atoms with Crippen molar-refractivity contribution in [3.05, 3.63) is 58.1 Å². The van der Waals surface area contributed by atoms with Gasteiger partial charge < -0.3 is 19.4 Å². The first kappa shape index (κ1) is 21.5. The lowest BCUT2D eigenvalue weighted by molar-refractivity contribution is 0.0777. The molecule has 4 aromatic rings. The number of amides is 1. The van der Waals surface area contributed by atoms with Gasteiger partial charge in [-0.2, -0.15) is 4.98 Å². The number of carbonyl (C=O) groups excluding carboxylic acids is 1. The summed E-state index contributed by atoms with van der Waals surface area (Å²) in [4.78, 5) is 28.7. The molecule has 0 spiro atoms. The fourth-order valence-electron chi connectivity index (χ4n) is 4.30. The van der Waals surface area contributed by atoms with Crippen LogP contribution >= 0.6 is 11.3 Å². The number of aromatic amines is 1. The monoisotopic (exact) mass is 466 g/mol. The molecule has 3 aromatic heterocycles. The quantitative estimate of drug-likeness (QED) is 0.461. The van der Waals surface area contributed by atoms with Gasteiger partial charge in [0.15, 0.2) is 5.82 Å². The van der Waals surface area contributed by atoms with E-state index in [0.29, 0.717) is 34.5 Å². The second-order valence-corrected chi connectivity index (χ2v) is 8.94. The number of aryl methyl sites for hydroxylation is 1. The molecule has 4 heterocycles. The third kappa shape index (κ3) is 3.77. The minimum Gasteiger partial charge on any atom is -0.480 e. The third-order valence-corrected chi connectivity index (χ3v) is 7.12. The molecule has 33 heavy (non-hydrogen) atoms. The lowest BCUT2D eigenvalue weighted by atomic mass is 9.98. The maximum absolute atomic E-state index is 13.5. The van der Waals surface area contributed by atoms with E-state index in [1.54, 1.807) is 20.3 Å². The zero-order valence-corrected chi connectivity index (χ0v) is 19.4. The van der Waals surface area contributed by atoms with Crippen LogP contribution in [0.15, 0.2) is 30.5 Å². The lowest BCUT2D eigenvalue weighted by Crippen LogP contribution is -2.34. The molecular weight excluding hydrogens is 443 g/mol. The van der Waals surface area contributed by atoms with E-state index in [2.05, 4.69) is 21.0 Å². The number of methoxy groups -OCH3 is 2. The number of rotatable bonds is 5. The van der Waals surface area contributed by atoms with Crippen LogP contribution in [0.4, 0.5) is 4.39 Å². The van der Waals surface area contributed by atoms with Crippen LogP contribution in [0.5, 0.6) is 5.88 Å². The van der Waals surface area contributed by atoms with Crippen LogP contribution in [-0.4, -0.2) is 53.1 Å². The highest BCUT2D eigenvalue weighted by Crippen LogP contribution is 2.36. The van der Waals surface area contributed by atoms with Crippen molar-refractivity contribution in [3.63, 3.8) is 0 Å². The highest BCUT2D eigenvalue weighted by molar-refractivity contribution is 7.20. The van der Waals surface area contributed by atoms with E-state index in [0.717, 1.165) is 39.4 Å². The number of hydrogen-bond acceptors (Lipinski definition) is 6. The number of hydrogen-bond donors (Lipinski definition) is 1. The van der Waals surface area contributed by atoms with Crippen molar-refractivity contribution >= 4 is 43.9 Å². The molecule has 0 aliphatic carbocycles. The van der Waals surface area contributed by atoms with Gasteiger partial charge in [-0.15, -0.1) is 11.3 Å². The molecule has 0 saturated carbocycles. The van der Waals surface area contributed by atoms with Gasteiger partial charge in [0.05, 0.1) is 17.4 Å². The van der Waals surface area contributed by atoms with Gasteiger partial charge in [-0.1, -0.05) is 6.08 Å². The average Bonchev–Trinajstić information content (AvgIpc) is 3.39. The predicted molar refractivity (Wildman–Crippen MR) is 126 cm³/mol. The molecule has 1 aliphatic heterocycles. The van der Waals surface area contributed by atoms with Crippen LogP contribution in [0, 0.1) is 12.7 Å². The summed E-state index contributed by atoms with van der Waals surface area (Å²) in [7, 11) is 3.15. The summed E-state index contributed by atoms with van der Waals surface area (Å²) in [6.07, 6.45) is 4.71. The van der Waals surface area contributed by atoms with Crippen LogP contribution in [0.1, 0.15) is 33.0 Å². The smallest absolute Gasteiger partial charge is 0.264 e. The summed E-state index contributed by atoms with van der Waals surface area (Å²) in [5.41, 5.74) is 3.81. The van der Waals surface area contributed by atoms with E-state index in [1.165, 1.54) is 23.5 Å². The van der Waals surface area contributed by atoms with Gasteiger partial charge >= 0.3 is 0 Å². The van der Waals surface area contributed by atoms with Gasteiger partial charge in [0.1, 0.15) is 17.3 Å². The largest absolute Gasteiger partial charge is 0.480 e. The molecule has 0 atom stereocenters. The summed E-state index contributed by atoms with van der Waals surface area (Å²) in [6, 6.07) is 4.76. The predicted octanol–water partition coefficient (Wildman–Crippen LogP) is 4.70. The molecule has 0 fully saturated rings. The Morgan fingerprint density at radius 1 is 1.30 bits per heavy atom. The van der Waals surface area contributed by atoms with Gasteiger partial charge in [0, 0.05) is 42.9 Å². The first-order chi connectivity index (χ1) is 16.0. The topological polar surface area (TPSA) is 80.3 Å². The Morgan fingerprint density at radius 3 is 2.88 bits per heavy atom. The molecule has 0 unspecified atom stereocenters. The third-order valence-electron chi connectivity index (χ3n) is 5.95. The molecule has 7 nitrogen and oxygen atoms in total. The molecule has 0 saturated heterocycles. The van der Waals surface area contributed by atoms with Crippen molar-refractivity contribution in [1.82, 2.24) is 19.9 Å². The van der Waals surface area contributed by atoms with E-state index in [-0.39, 0.29) is 18.3 Å². The summed E-state index contributed by atoms with van der Waals surface area (Å²) in [5.74, 6) is 0.685. The van der Waals surface area contributed by atoms with Crippen LogP contribution < -0.4 is 4.74 Å². The van der Waals surface area contributed by atoms with Crippen LogP contribution in [-0.2, 0) is 11.3 Å². The van der Waals surface area contributed by atoms with Gasteiger partial charge in [-0.25, -0.2) is 9.37 Å². The fourth-order valence-corrected chi connectivity index (χ4v) is 5.45. The highest BCUT2D eigenvalue weighted by atomic mass is 32.1. The number of thiophene rings is 1. The maximum Gasteiger partial charge on any atom is 0.264 e. The summed E-state index contributed by atoms with van der Waals surface area (Å²) in [5, 5.41) is 1.75. The normalized spacial score (nSPS) is 14.2. The van der Waals surface area contributed by atoms with Crippen molar-refractivity contribution in [3.8, 4) is 5.88 Å². The van der Waals surface area contributed by atoms with Crippen molar-refractivity contribution < 1.29 is 18.7 Å². The van der Waals surface area contributed by atoms with Crippen LogP contribution in [0.3, 0.4) is 0 Å². The van der Waals surface area contributed by atoms with Gasteiger partial charge in [0.2, 0.25) is 5.88 Å². The first-order valence-electron chi connectivity index (χ1n) is 10.6. The Kier molecular flexibility index (Phi) is 5.59. The summed E-state index contributed by atoms with van der Waals surface area (Å²) >= 11 is 1.36. The maximum atomic E-state index is 13.5. The molecule has 1 N–H and O–H groups in total. The number of carbonyl (C=O) groups is 1.